The first-order chi connectivity index (χ1) is 9.77. The average molecular weight is 391 g/mol. The highest BCUT2D eigenvalue weighted by atomic mass is 79.9. The third-order valence-corrected chi connectivity index (χ3v) is 4.56. The fourth-order valence-electron chi connectivity index (χ4n) is 1.89. The molecule has 0 unspecified atom stereocenters. The van der Waals surface area contributed by atoms with Crippen LogP contribution in [0.15, 0.2) is 39.7 Å². The van der Waals surface area contributed by atoms with Gasteiger partial charge in [0, 0.05) is 20.8 Å². The summed E-state index contributed by atoms with van der Waals surface area (Å²) in [4.78, 5) is 4.26. The highest BCUT2D eigenvalue weighted by molar-refractivity contribution is 9.10. The highest BCUT2D eigenvalue weighted by Crippen LogP contribution is 2.34. The van der Waals surface area contributed by atoms with E-state index in [-0.39, 0.29) is 17.3 Å². The zero-order chi connectivity index (χ0) is 15.6. The molecule has 1 aromatic carbocycles. The molecule has 1 aromatic heterocycles. The van der Waals surface area contributed by atoms with E-state index >= 15 is 0 Å². The van der Waals surface area contributed by atoms with E-state index < -0.39 is 9.05 Å². The van der Waals surface area contributed by atoms with E-state index in [9.17, 15) is 8.42 Å². The van der Waals surface area contributed by atoms with E-state index in [1.54, 1.807) is 13.0 Å². The van der Waals surface area contributed by atoms with Crippen LogP contribution in [0, 0.1) is 13.8 Å². The minimum absolute atomic E-state index is 0.0521. The number of aryl methyl sites for hydroxylation is 2. The van der Waals surface area contributed by atoms with Crippen LogP contribution in [0.4, 0.5) is 0 Å². The van der Waals surface area contributed by atoms with Gasteiger partial charge in [0.1, 0.15) is 17.3 Å². The Labute approximate surface area is 136 Å². The Morgan fingerprint density at radius 1 is 1.29 bits per heavy atom. The molecule has 2 rings (SSSR count). The zero-order valence-electron chi connectivity index (χ0n) is 11.4. The Kier molecular flexibility index (Phi) is 4.91. The van der Waals surface area contributed by atoms with Gasteiger partial charge in [-0.05, 0) is 43.7 Å². The Bertz CT molecular complexity index is 778. The summed E-state index contributed by atoms with van der Waals surface area (Å²) in [6, 6.07) is 8.76. The second-order valence-corrected chi connectivity index (χ2v) is 8.00. The molecule has 0 amide bonds. The molecular formula is C14H13BrClNO3S. The lowest BCUT2D eigenvalue weighted by Crippen LogP contribution is -2.04. The number of hydrogen-bond acceptors (Lipinski definition) is 4. The van der Waals surface area contributed by atoms with E-state index in [0.29, 0.717) is 10.0 Å². The van der Waals surface area contributed by atoms with Crippen molar-refractivity contribution in [1.82, 2.24) is 4.98 Å². The van der Waals surface area contributed by atoms with E-state index in [1.165, 1.54) is 6.07 Å². The second-order valence-electron chi connectivity index (χ2n) is 4.55. The molecule has 0 bridgehead atoms. The molecule has 0 saturated heterocycles. The molecule has 2 aromatic rings. The summed E-state index contributed by atoms with van der Waals surface area (Å²) in [5.41, 5.74) is 2.26. The van der Waals surface area contributed by atoms with Crippen LogP contribution in [0.25, 0.3) is 0 Å². The summed E-state index contributed by atoms with van der Waals surface area (Å²) in [5.74, 6) is 0.247. The number of benzene rings is 1. The zero-order valence-corrected chi connectivity index (χ0v) is 14.6. The van der Waals surface area contributed by atoms with Gasteiger partial charge in [-0.1, -0.05) is 22.0 Å². The number of hydrogen-bond donors (Lipinski definition) is 0. The Balaban J connectivity index is 2.36. The summed E-state index contributed by atoms with van der Waals surface area (Å²) in [6.07, 6.45) is 0. The number of pyridine rings is 1. The largest absolute Gasteiger partial charge is 0.486 e. The van der Waals surface area contributed by atoms with Crippen LogP contribution in [0.2, 0.25) is 0 Å². The van der Waals surface area contributed by atoms with Crippen LogP contribution in [-0.4, -0.2) is 13.4 Å². The summed E-state index contributed by atoms with van der Waals surface area (Å²) in [5, 5.41) is 0. The second kappa shape index (κ2) is 6.34. The monoisotopic (exact) mass is 389 g/mol. The van der Waals surface area contributed by atoms with Gasteiger partial charge in [-0.15, -0.1) is 0 Å². The quantitative estimate of drug-likeness (QED) is 0.741. The molecule has 7 heteroatoms. The highest BCUT2D eigenvalue weighted by Gasteiger charge is 2.20. The molecule has 0 spiro atoms. The van der Waals surface area contributed by atoms with Crippen molar-refractivity contribution in [3.05, 3.63) is 51.8 Å². The smallest absolute Gasteiger partial charge is 0.265 e. The first-order valence-electron chi connectivity index (χ1n) is 6.07. The lowest BCUT2D eigenvalue weighted by Gasteiger charge is -2.13. The summed E-state index contributed by atoms with van der Waals surface area (Å²) >= 11 is 3.25. The van der Waals surface area contributed by atoms with Gasteiger partial charge in [0.05, 0.1) is 5.69 Å². The Hall–Kier alpha value is -1.11. The molecule has 0 aliphatic heterocycles. The third-order valence-electron chi connectivity index (χ3n) is 2.78. The molecule has 0 aliphatic rings. The summed E-state index contributed by atoms with van der Waals surface area (Å²) < 4.78 is 29.6. The van der Waals surface area contributed by atoms with Crippen LogP contribution >= 0.6 is 26.6 Å². The standard InChI is InChI=1S/C14H13BrClNO3S/c1-9-6-11(15)7-13(21(16,18)19)14(9)20-8-12-5-3-4-10(2)17-12/h3-7H,8H2,1-2H3. The van der Waals surface area contributed by atoms with Crippen molar-refractivity contribution >= 4 is 35.7 Å². The van der Waals surface area contributed by atoms with E-state index in [0.717, 1.165) is 11.4 Å². The van der Waals surface area contributed by atoms with Crippen LogP contribution < -0.4 is 4.74 Å². The van der Waals surface area contributed by atoms with E-state index in [1.807, 2.05) is 25.1 Å². The molecule has 112 valence electrons. The maximum absolute atomic E-state index is 11.7. The first kappa shape index (κ1) is 16.3. The number of nitrogens with zero attached hydrogens (tertiary/aromatic N) is 1. The van der Waals surface area contributed by atoms with Crippen molar-refractivity contribution in [1.29, 1.82) is 0 Å². The minimum atomic E-state index is -3.89. The van der Waals surface area contributed by atoms with Crippen molar-refractivity contribution in [3.8, 4) is 5.75 Å². The Morgan fingerprint density at radius 2 is 2.00 bits per heavy atom. The number of aromatic nitrogens is 1. The maximum atomic E-state index is 11.7. The third kappa shape index (κ3) is 4.18. The van der Waals surface area contributed by atoms with Gasteiger partial charge in [0.2, 0.25) is 0 Å². The SMILES string of the molecule is Cc1cccc(COc2c(C)cc(Br)cc2S(=O)(=O)Cl)n1. The van der Waals surface area contributed by atoms with Gasteiger partial charge >= 0.3 is 0 Å². The van der Waals surface area contributed by atoms with Crippen molar-refractivity contribution in [2.24, 2.45) is 0 Å². The topological polar surface area (TPSA) is 56.3 Å². The lowest BCUT2D eigenvalue weighted by molar-refractivity contribution is 0.291. The number of ether oxygens (including phenoxy) is 1. The van der Waals surface area contributed by atoms with Gasteiger partial charge < -0.3 is 4.74 Å². The molecule has 0 aliphatic carbocycles. The van der Waals surface area contributed by atoms with Crippen molar-refractivity contribution in [3.63, 3.8) is 0 Å². The van der Waals surface area contributed by atoms with Crippen LogP contribution in [-0.2, 0) is 15.7 Å². The molecule has 21 heavy (non-hydrogen) atoms. The molecule has 4 nitrogen and oxygen atoms in total. The molecule has 0 fully saturated rings. The first-order valence-corrected chi connectivity index (χ1v) is 9.18. The van der Waals surface area contributed by atoms with Gasteiger partial charge in [0.25, 0.3) is 9.05 Å². The van der Waals surface area contributed by atoms with Gasteiger partial charge in [-0.2, -0.15) is 0 Å². The summed E-state index contributed by atoms with van der Waals surface area (Å²) in [7, 11) is 1.58. The van der Waals surface area contributed by atoms with Gasteiger partial charge in [-0.25, -0.2) is 8.42 Å². The van der Waals surface area contributed by atoms with Crippen LogP contribution in [0.5, 0.6) is 5.75 Å². The van der Waals surface area contributed by atoms with Crippen LogP contribution in [0.1, 0.15) is 17.0 Å². The number of rotatable bonds is 4. The maximum Gasteiger partial charge on any atom is 0.265 e. The summed E-state index contributed by atoms with van der Waals surface area (Å²) in [6.45, 7) is 3.81. The van der Waals surface area contributed by atoms with Gasteiger partial charge in [0.15, 0.2) is 0 Å². The van der Waals surface area contributed by atoms with E-state index in [2.05, 4.69) is 20.9 Å². The molecule has 0 saturated carbocycles. The fraction of sp³-hybridized carbons (Fsp3) is 0.214. The van der Waals surface area contributed by atoms with Crippen molar-refractivity contribution in [2.45, 2.75) is 25.3 Å². The minimum Gasteiger partial charge on any atom is -0.486 e. The lowest BCUT2D eigenvalue weighted by atomic mass is 10.2. The molecular weight excluding hydrogens is 378 g/mol. The normalized spacial score (nSPS) is 11.4. The van der Waals surface area contributed by atoms with Crippen molar-refractivity contribution in [2.75, 3.05) is 0 Å². The van der Waals surface area contributed by atoms with E-state index in [4.69, 9.17) is 15.4 Å². The number of halogens is 2. The van der Waals surface area contributed by atoms with Crippen molar-refractivity contribution < 1.29 is 13.2 Å². The van der Waals surface area contributed by atoms with Gasteiger partial charge in [-0.3, -0.25) is 4.98 Å². The Morgan fingerprint density at radius 3 is 2.62 bits per heavy atom. The molecule has 0 atom stereocenters. The van der Waals surface area contributed by atoms with Crippen LogP contribution in [0.3, 0.4) is 0 Å². The molecule has 0 N–H and O–H groups in total. The fourth-order valence-corrected chi connectivity index (χ4v) is 3.67. The molecule has 1 heterocycles. The predicted octanol–water partition coefficient (Wildman–Crippen LogP) is 3.97. The molecule has 0 radical (unpaired) electrons. The predicted molar refractivity (Wildman–Crippen MR) is 85.2 cm³/mol. The average Bonchev–Trinajstić information content (AvgIpc) is 2.36.